The highest BCUT2D eigenvalue weighted by atomic mass is 16.6. The van der Waals surface area contributed by atoms with Gasteiger partial charge in [-0.1, -0.05) is 0 Å². The third kappa shape index (κ3) is 9.57. The highest BCUT2D eigenvalue weighted by Gasteiger charge is 2.21. The van der Waals surface area contributed by atoms with Gasteiger partial charge in [0.05, 0.1) is 11.3 Å². The standard InChI is InChI=1S/C26H31N3O7/c1-16-14-17(15-30)8-13-20(16)34-21(31)18-9-11-19(12-10-18)27-22(28-23(32)35-25(2,3)4)29-24(33)36-26(5,6)7/h8-15H,1-7H3,(H2,27,28,29,32,33). The molecule has 0 radical (unpaired) electrons. The number of rotatable bonds is 4. The number of hydrogen-bond acceptors (Lipinski definition) is 8. The second-order valence-corrected chi connectivity index (χ2v) is 9.79. The van der Waals surface area contributed by atoms with Gasteiger partial charge in [0.15, 0.2) is 0 Å². The minimum atomic E-state index is -0.825. The molecule has 36 heavy (non-hydrogen) atoms. The molecule has 0 aliphatic carbocycles. The fourth-order valence-corrected chi connectivity index (χ4v) is 2.71. The zero-order valence-electron chi connectivity index (χ0n) is 21.4. The van der Waals surface area contributed by atoms with Gasteiger partial charge in [-0.25, -0.2) is 19.4 Å². The van der Waals surface area contributed by atoms with Crippen LogP contribution in [0, 0.1) is 6.92 Å². The van der Waals surface area contributed by atoms with Crippen LogP contribution in [0.25, 0.3) is 0 Å². The van der Waals surface area contributed by atoms with Gasteiger partial charge in [0, 0.05) is 5.56 Å². The van der Waals surface area contributed by atoms with Crippen LogP contribution in [0.5, 0.6) is 5.75 Å². The van der Waals surface area contributed by atoms with Crippen LogP contribution in [0.4, 0.5) is 15.3 Å². The summed E-state index contributed by atoms with van der Waals surface area (Å²) in [5.41, 5.74) is 0.143. The molecule has 2 aromatic carbocycles. The van der Waals surface area contributed by atoms with Crippen molar-refractivity contribution in [1.82, 2.24) is 10.6 Å². The Morgan fingerprint density at radius 3 is 1.81 bits per heavy atom. The lowest BCUT2D eigenvalue weighted by atomic mass is 10.1. The molecule has 2 N–H and O–H groups in total. The molecule has 0 spiro atoms. The fourth-order valence-electron chi connectivity index (χ4n) is 2.71. The number of guanidine groups is 1. The van der Waals surface area contributed by atoms with Crippen LogP contribution in [0.2, 0.25) is 0 Å². The summed E-state index contributed by atoms with van der Waals surface area (Å²) in [7, 11) is 0. The Labute approximate surface area is 210 Å². The van der Waals surface area contributed by atoms with E-state index in [-0.39, 0.29) is 11.5 Å². The van der Waals surface area contributed by atoms with E-state index in [9.17, 15) is 19.2 Å². The van der Waals surface area contributed by atoms with Gasteiger partial charge in [-0.05, 0) is 96.5 Å². The predicted octanol–water partition coefficient (Wildman–Crippen LogP) is 5.06. The third-order valence-electron chi connectivity index (χ3n) is 4.12. The summed E-state index contributed by atoms with van der Waals surface area (Å²) in [5.74, 6) is -0.496. The molecule has 2 rings (SSSR count). The molecule has 0 aliphatic heterocycles. The van der Waals surface area contributed by atoms with Gasteiger partial charge in [0.25, 0.3) is 0 Å². The number of alkyl carbamates (subject to hydrolysis) is 2. The molecule has 0 atom stereocenters. The van der Waals surface area contributed by atoms with E-state index in [1.807, 2.05) is 0 Å². The summed E-state index contributed by atoms with van der Waals surface area (Å²) < 4.78 is 15.8. The zero-order valence-corrected chi connectivity index (χ0v) is 21.4. The minimum Gasteiger partial charge on any atom is -0.444 e. The Morgan fingerprint density at radius 2 is 1.36 bits per heavy atom. The summed E-state index contributed by atoms with van der Waals surface area (Å²) in [4.78, 5) is 52.1. The van der Waals surface area contributed by atoms with Crippen molar-refractivity contribution in [2.75, 3.05) is 0 Å². The number of amides is 2. The van der Waals surface area contributed by atoms with Gasteiger partial charge in [-0.3, -0.25) is 15.4 Å². The van der Waals surface area contributed by atoms with Crippen molar-refractivity contribution in [3.05, 3.63) is 59.2 Å². The van der Waals surface area contributed by atoms with Crippen LogP contribution >= 0.6 is 0 Å². The van der Waals surface area contributed by atoms with E-state index in [2.05, 4.69) is 15.6 Å². The quantitative estimate of drug-likeness (QED) is 0.198. The van der Waals surface area contributed by atoms with Crippen LogP contribution in [-0.4, -0.2) is 41.6 Å². The van der Waals surface area contributed by atoms with Crippen molar-refractivity contribution in [3.63, 3.8) is 0 Å². The van der Waals surface area contributed by atoms with Crippen LogP contribution < -0.4 is 15.4 Å². The molecule has 10 heteroatoms. The van der Waals surface area contributed by atoms with E-state index < -0.39 is 29.4 Å². The van der Waals surface area contributed by atoms with Crippen LogP contribution in [0.15, 0.2) is 47.5 Å². The number of aliphatic imine (C=N–C) groups is 1. The Morgan fingerprint density at radius 1 is 0.833 bits per heavy atom. The lowest BCUT2D eigenvalue weighted by Gasteiger charge is -2.22. The smallest absolute Gasteiger partial charge is 0.414 e. The summed E-state index contributed by atoms with van der Waals surface area (Å²) >= 11 is 0. The van der Waals surface area contributed by atoms with E-state index in [1.165, 1.54) is 24.3 Å². The Hall–Kier alpha value is -4.21. The van der Waals surface area contributed by atoms with Gasteiger partial charge in [0.1, 0.15) is 23.2 Å². The summed E-state index contributed by atoms with van der Waals surface area (Å²) in [5, 5.41) is 4.77. The fraction of sp³-hybridized carbons (Fsp3) is 0.346. The maximum Gasteiger partial charge on any atom is 0.414 e. The minimum absolute atomic E-state index is 0.222. The van der Waals surface area contributed by atoms with E-state index in [4.69, 9.17) is 14.2 Å². The molecule has 0 aliphatic rings. The number of aldehydes is 1. The molecule has 2 amide bonds. The van der Waals surface area contributed by atoms with Gasteiger partial charge < -0.3 is 14.2 Å². The number of nitrogens with one attached hydrogen (secondary N) is 2. The molecule has 0 unspecified atom stereocenters. The Balaban J connectivity index is 2.20. The predicted molar refractivity (Wildman–Crippen MR) is 134 cm³/mol. The first-order valence-corrected chi connectivity index (χ1v) is 11.1. The molecule has 0 saturated carbocycles. The molecule has 192 valence electrons. The maximum absolute atomic E-state index is 12.5. The van der Waals surface area contributed by atoms with Crippen LogP contribution in [-0.2, 0) is 9.47 Å². The number of benzene rings is 2. The first-order chi connectivity index (χ1) is 16.6. The summed E-state index contributed by atoms with van der Waals surface area (Å²) in [6, 6.07) is 10.7. The lowest BCUT2D eigenvalue weighted by molar-refractivity contribution is 0.0544. The van der Waals surface area contributed by atoms with Crippen molar-refractivity contribution in [2.45, 2.75) is 59.7 Å². The average molecular weight is 498 g/mol. The van der Waals surface area contributed by atoms with Crippen LogP contribution in [0.1, 0.15) is 67.8 Å². The van der Waals surface area contributed by atoms with E-state index in [1.54, 1.807) is 66.7 Å². The molecule has 0 aromatic heterocycles. The molecule has 10 nitrogen and oxygen atoms in total. The van der Waals surface area contributed by atoms with E-state index in [0.717, 1.165) is 0 Å². The van der Waals surface area contributed by atoms with Crippen LogP contribution in [0.3, 0.4) is 0 Å². The number of aryl methyl sites for hydroxylation is 1. The number of carbonyl (C=O) groups is 4. The second-order valence-electron chi connectivity index (χ2n) is 9.79. The van der Waals surface area contributed by atoms with Crippen molar-refractivity contribution < 1.29 is 33.4 Å². The monoisotopic (exact) mass is 497 g/mol. The first-order valence-electron chi connectivity index (χ1n) is 11.1. The van der Waals surface area contributed by atoms with E-state index >= 15 is 0 Å². The third-order valence-corrected chi connectivity index (χ3v) is 4.12. The second kappa shape index (κ2) is 11.5. The molecule has 2 aromatic rings. The van der Waals surface area contributed by atoms with E-state index in [0.29, 0.717) is 28.8 Å². The topological polar surface area (TPSA) is 132 Å². The first kappa shape index (κ1) is 28.0. The largest absolute Gasteiger partial charge is 0.444 e. The zero-order chi connectivity index (χ0) is 27.1. The van der Waals surface area contributed by atoms with Crippen molar-refractivity contribution in [2.24, 2.45) is 4.99 Å². The highest BCUT2D eigenvalue weighted by Crippen LogP contribution is 2.21. The van der Waals surface area contributed by atoms with Crippen molar-refractivity contribution in [3.8, 4) is 5.75 Å². The Bertz CT molecular complexity index is 1130. The van der Waals surface area contributed by atoms with Gasteiger partial charge in [-0.15, -0.1) is 0 Å². The number of nitrogens with zero attached hydrogens (tertiary/aromatic N) is 1. The highest BCUT2D eigenvalue weighted by molar-refractivity contribution is 6.02. The molecule has 0 bridgehead atoms. The van der Waals surface area contributed by atoms with Gasteiger partial charge in [0.2, 0.25) is 5.96 Å². The van der Waals surface area contributed by atoms with Crippen molar-refractivity contribution in [1.29, 1.82) is 0 Å². The number of hydrogen-bond donors (Lipinski definition) is 2. The molecular formula is C26H31N3O7. The average Bonchev–Trinajstić information content (AvgIpc) is 2.72. The Kier molecular flexibility index (Phi) is 8.94. The molecule has 0 heterocycles. The molecular weight excluding hydrogens is 466 g/mol. The normalized spacial score (nSPS) is 11.1. The van der Waals surface area contributed by atoms with Crippen molar-refractivity contribution >= 4 is 36.1 Å². The summed E-state index contributed by atoms with van der Waals surface area (Å²) in [6.45, 7) is 11.9. The lowest BCUT2D eigenvalue weighted by Crippen LogP contribution is -2.47. The van der Waals surface area contributed by atoms with Gasteiger partial charge in [-0.2, -0.15) is 0 Å². The number of esters is 1. The van der Waals surface area contributed by atoms with Gasteiger partial charge >= 0.3 is 18.2 Å². The molecule has 0 saturated heterocycles. The SMILES string of the molecule is Cc1cc(C=O)ccc1OC(=O)c1ccc(N=C(NC(=O)OC(C)(C)C)NC(=O)OC(C)(C)C)cc1. The summed E-state index contributed by atoms with van der Waals surface area (Å²) in [6.07, 6.45) is -0.941. The molecule has 0 fully saturated rings. The maximum atomic E-state index is 12.5. The number of carbonyl (C=O) groups excluding carboxylic acids is 4. The number of ether oxygens (including phenoxy) is 3.